The largest absolute Gasteiger partial charge is 0.255 e. The van der Waals surface area contributed by atoms with Crippen molar-refractivity contribution >= 4 is 54.6 Å². The van der Waals surface area contributed by atoms with Crippen molar-refractivity contribution < 1.29 is 0 Å². The Bertz CT molecular complexity index is 2950. The van der Waals surface area contributed by atoms with E-state index in [9.17, 15) is 0 Å². The summed E-state index contributed by atoms with van der Waals surface area (Å²) in [6.07, 6.45) is 3.53. The fraction of sp³-hybridized carbons (Fsp3) is 0. The van der Waals surface area contributed by atoms with Gasteiger partial charge in [0.1, 0.15) is 17.1 Å². The number of aromatic nitrogens is 8. The van der Waals surface area contributed by atoms with Gasteiger partial charge in [-0.3, -0.25) is 4.98 Å². The Morgan fingerprint density at radius 1 is 0.380 bits per heavy atom. The Morgan fingerprint density at radius 2 is 1.04 bits per heavy atom. The Labute approximate surface area is 285 Å². The molecular weight excluding hydrogens is 617 g/mol. The molecular formula is C42H24N8. The van der Waals surface area contributed by atoms with Crippen LogP contribution in [-0.2, 0) is 0 Å². The first-order valence-electron chi connectivity index (χ1n) is 16.3. The normalized spacial score (nSPS) is 11.6. The summed E-state index contributed by atoms with van der Waals surface area (Å²) < 4.78 is 0. The first-order chi connectivity index (χ1) is 24.8. The molecule has 0 aliphatic rings. The van der Waals surface area contributed by atoms with E-state index in [-0.39, 0.29) is 0 Å². The van der Waals surface area contributed by atoms with Crippen LogP contribution in [-0.4, -0.2) is 40.1 Å². The van der Waals surface area contributed by atoms with Gasteiger partial charge in [-0.25, -0.2) is 24.9 Å². The van der Waals surface area contributed by atoms with Gasteiger partial charge in [-0.2, -0.15) is 5.10 Å². The van der Waals surface area contributed by atoms with Gasteiger partial charge < -0.3 is 0 Å². The third kappa shape index (κ3) is 4.62. The molecule has 0 radical (unpaired) electrons. The van der Waals surface area contributed by atoms with Gasteiger partial charge in [-0.15, -0.1) is 5.10 Å². The van der Waals surface area contributed by atoms with Gasteiger partial charge in [0, 0.05) is 38.9 Å². The zero-order chi connectivity index (χ0) is 33.0. The quantitative estimate of drug-likeness (QED) is 0.188. The van der Waals surface area contributed by atoms with Crippen molar-refractivity contribution in [3.05, 3.63) is 146 Å². The van der Waals surface area contributed by atoms with Crippen LogP contribution in [0, 0.1) is 0 Å². The summed E-state index contributed by atoms with van der Waals surface area (Å²) in [7, 11) is 0. The second-order valence-corrected chi connectivity index (χ2v) is 12.1. The van der Waals surface area contributed by atoms with E-state index in [1.807, 2.05) is 97.1 Å². The van der Waals surface area contributed by atoms with E-state index in [1.54, 1.807) is 12.4 Å². The van der Waals surface area contributed by atoms with E-state index in [4.69, 9.17) is 24.9 Å². The summed E-state index contributed by atoms with van der Waals surface area (Å²) in [6.45, 7) is 0. The Balaban J connectivity index is 1.32. The van der Waals surface area contributed by atoms with Crippen molar-refractivity contribution in [2.75, 3.05) is 0 Å². The van der Waals surface area contributed by atoms with E-state index in [0.717, 1.165) is 66.1 Å². The monoisotopic (exact) mass is 640 g/mol. The summed E-state index contributed by atoms with van der Waals surface area (Å²) in [6, 6.07) is 44.4. The predicted octanol–water partition coefficient (Wildman–Crippen LogP) is 9.28. The van der Waals surface area contributed by atoms with E-state index in [0.29, 0.717) is 33.8 Å². The highest BCUT2D eigenvalue weighted by Crippen LogP contribution is 2.40. The lowest BCUT2D eigenvalue weighted by Crippen LogP contribution is -2.02. The number of benzene rings is 4. The summed E-state index contributed by atoms with van der Waals surface area (Å²) >= 11 is 0. The van der Waals surface area contributed by atoms with Crippen LogP contribution in [0.2, 0.25) is 0 Å². The second-order valence-electron chi connectivity index (χ2n) is 12.1. The van der Waals surface area contributed by atoms with E-state index in [2.05, 4.69) is 51.6 Å². The molecule has 0 amide bonds. The Hall–Kier alpha value is -7.06. The molecule has 0 aliphatic carbocycles. The number of pyridine rings is 4. The van der Waals surface area contributed by atoms with Crippen LogP contribution in [0.4, 0.5) is 0 Å². The minimum atomic E-state index is 0.572. The number of rotatable bonds is 4. The van der Waals surface area contributed by atoms with E-state index < -0.39 is 0 Å². The van der Waals surface area contributed by atoms with Crippen LogP contribution in [0.1, 0.15) is 0 Å². The van der Waals surface area contributed by atoms with Gasteiger partial charge >= 0.3 is 0 Å². The summed E-state index contributed by atoms with van der Waals surface area (Å²) in [5.74, 6) is 0. The first-order valence-corrected chi connectivity index (χ1v) is 16.3. The minimum Gasteiger partial charge on any atom is -0.255 e. The van der Waals surface area contributed by atoms with Gasteiger partial charge in [-0.05, 0) is 60.7 Å². The highest BCUT2D eigenvalue weighted by atomic mass is 15.1. The molecule has 6 heterocycles. The molecule has 0 bridgehead atoms. The standard InChI is InChI=1S/C42H24N8/c1-4-11-28-27(10-1)24-44-50-39(28)42-41(37-22-21-33-34(47-37)14-7-23-43-33)48-36-20-17-29(32-18-15-25-8-2-5-12-30(25)45-32)38(40(36)49-42)35-19-16-26-9-3-6-13-31(26)46-35/h1-24H. The van der Waals surface area contributed by atoms with Crippen molar-refractivity contribution in [1.29, 1.82) is 0 Å². The van der Waals surface area contributed by atoms with Crippen LogP contribution < -0.4 is 0 Å². The van der Waals surface area contributed by atoms with Crippen molar-refractivity contribution in [1.82, 2.24) is 40.1 Å². The maximum Gasteiger partial charge on any atom is 0.121 e. The lowest BCUT2D eigenvalue weighted by Gasteiger charge is -2.16. The van der Waals surface area contributed by atoms with Crippen molar-refractivity contribution in [3.8, 4) is 45.3 Å². The molecule has 0 N–H and O–H groups in total. The number of para-hydroxylation sites is 2. The topological polar surface area (TPSA) is 103 Å². The third-order valence-corrected chi connectivity index (χ3v) is 9.06. The lowest BCUT2D eigenvalue weighted by atomic mass is 9.97. The molecule has 232 valence electrons. The molecule has 0 saturated heterocycles. The number of hydrogen-bond acceptors (Lipinski definition) is 8. The molecule has 0 unspecified atom stereocenters. The summed E-state index contributed by atoms with van der Waals surface area (Å²) in [4.78, 5) is 30.5. The molecule has 0 fully saturated rings. The smallest absolute Gasteiger partial charge is 0.121 e. The highest BCUT2D eigenvalue weighted by Gasteiger charge is 2.23. The van der Waals surface area contributed by atoms with E-state index >= 15 is 0 Å². The van der Waals surface area contributed by atoms with Crippen LogP contribution in [0.15, 0.2) is 146 Å². The lowest BCUT2D eigenvalue weighted by molar-refractivity contribution is 1.05. The van der Waals surface area contributed by atoms with E-state index in [1.165, 1.54) is 0 Å². The average Bonchev–Trinajstić information content (AvgIpc) is 3.19. The molecule has 0 aliphatic heterocycles. The molecule has 4 aromatic carbocycles. The van der Waals surface area contributed by atoms with Crippen LogP contribution in [0.25, 0.3) is 99.9 Å². The van der Waals surface area contributed by atoms with Gasteiger partial charge in [0.25, 0.3) is 0 Å². The molecule has 0 saturated carbocycles. The number of hydrogen-bond donors (Lipinski definition) is 0. The first kappa shape index (κ1) is 28.0. The van der Waals surface area contributed by atoms with Gasteiger partial charge in [0.05, 0.1) is 56.4 Å². The Morgan fingerprint density at radius 3 is 1.88 bits per heavy atom. The van der Waals surface area contributed by atoms with Crippen LogP contribution >= 0.6 is 0 Å². The van der Waals surface area contributed by atoms with Crippen molar-refractivity contribution in [2.45, 2.75) is 0 Å². The molecule has 0 atom stereocenters. The zero-order valence-corrected chi connectivity index (χ0v) is 26.4. The fourth-order valence-corrected chi connectivity index (χ4v) is 6.65. The Kier molecular flexibility index (Phi) is 6.32. The maximum atomic E-state index is 5.47. The highest BCUT2D eigenvalue weighted by molar-refractivity contribution is 6.04. The van der Waals surface area contributed by atoms with Gasteiger partial charge in [0.15, 0.2) is 0 Å². The molecule has 10 rings (SSSR count). The van der Waals surface area contributed by atoms with Crippen LogP contribution in [0.3, 0.4) is 0 Å². The molecule has 0 spiro atoms. The zero-order valence-electron chi connectivity index (χ0n) is 26.4. The molecule has 6 aromatic heterocycles. The number of nitrogens with zero attached hydrogens (tertiary/aromatic N) is 8. The predicted molar refractivity (Wildman–Crippen MR) is 198 cm³/mol. The summed E-state index contributed by atoms with van der Waals surface area (Å²) in [5, 5.41) is 13.1. The number of fused-ring (bicyclic) bond motifs is 5. The fourth-order valence-electron chi connectivity index (χ4n) is 6.65. The average molecular weight is 641 g/mol. The van der Waals surface area contributed by atoms with Gasteiger partial charge in [-0.1, -0.05) is 72.8 Å². The summed E-state index contributed by atoms with van der Waals surface area (Å²) in [5.41, 5.74) is 10.5. The molecule has 10 aromatic rings. The second kappa shape index (κ2) is 11.3. The van der Waals surface area contributed by atoms with Crippen molar-refractivity contribution in [2.24, 2.45) is 0 Å². The molecule has 8 heteroatoms. The SMILES string of the molecule is c1ccc2nc(-c3ccc4nc(-c5ccc6ncccc6n5)c(-c5nncc6ccccc56)nc4c3-c3ccc4ccccc4n3)ccc2c1. The van der Waals surface area contributed by atoms with Crippen molar-refractivity contribution in [3.63, 3.8) is 0 Å². The molecule has 50 heavy (non-hydrogen) atoms. The third-order valence-electron chi connectivity index (χ3n) is 9.06. The van der Waals surface area contributed by atoms with Crippen LogP contribution in [0.5, 0.6) is 0 Å². The van der Waals surface area contributed by atoms with Gasteiger partial charge in [0.2, 0.25) is 0 Å². The maximum absolute atomic E-state index is 5.47. The molecule has 8 nitrogen and oxygen atoms in total. The minimum absolute atomic E-state index is 0.572.